The van der Waals surface area contributed by atoms with Crippen molar-refractivity contribution in [3.63, 3.8) is 0 Å². The molecule has 2 N–H and O–H groups in total. The Morgan fingerprint density at radius 3 is 2.61 bits per heavy atom. The molecule has 178 valence electrons. The van der Waals surface area contributed by atoms with E-state index in [2.05, 4.69) is 10.6 Å². The van der Waals surface area contributed by atoms with Gasteiger partial charge in [0.25, 0.3) is 0 Å². The van der Waals surface area contributed by atoms with Crippen LogP contribution in [-0.4, -0.2) is 51.9 Å². The van der Waals surface area contributed by atoms with Crippen molar-refractivity contribution < 1.29 is 19.0 Å². The van der Waals surface area contributed by atoms with Crippen molar-refractivity contribution >= 4 is 47.2 Å². The Labute approximate surface area is 211 Å². The zero-order chi connectivity index (χ0) is 22.2. The van der Waals surface area contributed by atoms with Gasteiger partial charge in [-0.1, -0.05) is 12.1 Å². The van der Waals surface area contributed by atoms with E-state index in [1.54, 1.807) is 7.11 Å². The first-order valence-electron chi connectivity index (χ1n) is 11.1. The molecule has 2 aromatic carbocycles. The monoisotopic (exact) mass is 566 g/mol. The Morgan fingerprint density at radius 2 is 1.88 bits per heavy atom. The van der Waals surface area contributed by atoms with Gasteiger partial charge in [-0.05, 0) is 36.2 Å². The highest BCUT2D eigenvalue weighted by atomic mass is 127. The Hall–Kier alpha value is -2.53. The number of methoxy groups -OCH3 is 1. The molecule has 4 rings (SSSR count). The van der Waals surface area contributed by atoms with Gasteiger partial charge in [-0.3, -0.25) is 4.79 Å². The predicted molar refractivity (Wildman–Crippen MR) is 140 cm³/mol. The molecule has 0 aromatic heterocycles. The number of carbonyl (C=O) groups excluding carboxylic acids is 1. The number of ether oxygens (including phenoxy) is 3. The molecule has 9 heteroatoms. The summed E-state index contributed by atoms with van der Waals surface area (Å²) >= 11 is 0. The molecular formula is C24H31IN4O4. The fraction of sp³-hybridized carbons (Fsp3) is 0.417. The first-order valence-corrected chi connectivity index (χ1v) is 11.1. The van der Waals surface area contributed by atoms with Crippen molar-refractivity contribution in [3.8, 4) is 11.5 Å². The van der Waals surface area contributed by atoms with Crippen LogP contribution in [0.1, 0.15) is 24.8 Å². The van der Waals surface area contributed by atoms with Gasteiger partial charge in [-0.25, -0.2) is 4.99 Å². The normalized spacial score (nSPS) is 15.6. The summed E-state index contributed by atoms with van der Waals surface area (Å²) in [6.45, 7) is 3.80. The second-order valence-corrected chi connectivity index (χ2v) is 7.74. The van der Waals surface area contributed by atoms with Crippen LogP contribution in [0.25, 0.3) is 0 Å². The lowest BCUT2D eigenvalue weighted by molar-refractivity contribution is -0.117. The molecular weight excluding hydrogens is 535 g/mol. The Bertz CT molecular complexity index is 952. The average Bonchev–Trinajstić information content (AvgIpc) is 3.10. The number of aliphatic imine (C=N–C) groups is 1. The van der Waals surface area contributed by atoms with Crippen LogP contribution in [0.15, 0.2) is 47.5 Å². The third-order valence-electron chi connectivity index (χ3n) is 5.35. The molecule has 2 aromatic rings. The highest BCUT2D eigenvalue weighted by molar-refractivity contribution is 14.0. The number of guanidine groups is 1. The van der Waals surface area contributed by atoms with Crippen LogP contribution in [-0.2, 0) is 16.1 Å². The number of rotatable bonds is 7. The van der Waals surface area contributed by atoms with Crippen LogP contribution in [0.5, 0.6) is 11.5 Å². The lowest BCUT2D eigenvalue weighted by Gasteiger charge is -2.16. The number of anilines is 2. The molecule has 33 heavy (non-hydrogen) atoms. The third kappa shape index (κ3) is 6.97. The largest absolute Gasteiger partial charge is 0.490 e. The van der Waals surface area contributed by atoms with E-state index in [9.17, 15) is 4.79 Å². The van der Waals surface area contributed by atoms with Gasteiger partial charge in [-0.2, -0.15) is 0 Å². The minimum absolute atomic E-state index is 0. The summed E-state index contributed by atoms with van der Waals surface area (Å²) in [6, 6.07) is 13.8. The number of hydrogen-bond acceptors (Lipinski definition) is 5. The number of amides is 1. The Kier molecular flexibility index (Phi) is 9.61. The van der Waals surface area contributed by atoms with Gasteiger partial charge in [0.05, 0.1) is 26.4 Å². The number of fused-ring (bicyclic) bond motifs is 1. The van der Waals surface area contributed by atoms with Crippen molar-refractivity contribution in [3.05, 3.63) is 48.0 Å². The van der Waals surface area contributed by atoms with Gasteiger partial charge in [-0.15, -0.1) is 24.0 Å². The summed E-state index contributed by atoms with van der Waals surface area (Å²) in [4.78, 5) is 18.5. The predicted octanol–water partition coefficient (Wildman–Crippen LogP) is 3.80. The van der Waals surface area contributed by atoms with E-state index in [-0.39, 0.29) is 29.9 Å². The minimum atomic E-state index is 0. The highest BCUT2D eigenvalue weighted by Gasteiger charge is 2.21. The van der Waals surface area contributed by atoms with Crippen LogP contribution >= 0.6 is 24.0 Å². The number of halogens is 1. The van der Waals surface area contributed by atoms with Gasteiger partial charge in [0.1, 0.15) is 0 Å². The van der Waals surface area contributed by atoms with Crippen molar-refractivity contribution in [1.82, 2.24) is 5.32 Å². The highest BCUT2D eigenvalue weighted by Crippen LogP contribution is 2.32. The number of nitrogens with one attached hydrogen (secondary N) is 2. The lowest BCUT2D eigenvalue weighted by Crippen LogP contribution is -2.33. The standard InChI is InChI=1S/C24H30N4O4.HI/c1-30-15-11-25-24(27-19-7-10-21-22(16-19)32-14-3-13-31-21)26-17-18-5-8-20(9-6-18)28-12-2-4-23(28)29;/h5-10,16H,2-4,11-15,17H2,1H3,(H2,25,26,27);1H. The fourth-order valence-electron chi connectivity index (χ4n) is 3.66. The van der Waals surface area contributed by atoms with Crippen molar-refractivity contribution in [2.75, 3.05) is 50.2 Å². The van der Waals surface area contributed by atoms with E-state index in [0.29, 0.717) is 45.3 Å². The van der Waals surface area contributed by atoms with Gasteiger partial charge in [0.15, 0.2) is 17.5 Å². The van der Waals surface area contributed by atoms with E-state index in [4.69, 9.17) is 19.2 Å². The third-order valence-corrected chi connectivity index (χ3v) is 5.35. The SMILES string of the molecule is COCCNC(=NCc1ccc(N2CCCC2=O)cc1)Nc1ccc2c(c1)OCCCO2.I. The summed E-state index contributed by atoms with van der Waals surface area (Å²) in [6.07, 6.45) is 2.43. The van der Waals surface area contributed by atoms with Crippen molar-refractivity contribution in [1.29, 1.82) is 0 Å². The summed E-state index contributed by atoms with van der Waals surface area (Å²) in [5, 5.41) is 6.62. The maximum Gasteiger partial charge on any atom is 0.227 e. The van der Waals surface area contributed by atoms with Gasteiger partial charge < -0.3 is 29.7 Å². The molecule has 1 saturated heterocycles. The molecule has 0 saturated carbocycles. The van der Waals surface area contributed by atoms with E-state index in [1.165, 1.54) is 0 Å². The maximum atomic E-state index is 11.9. The fourth-order valence-corrected chi connectivity index (χ4v) is 3.66. The molecule has 0 atom stereocenters. The number of carbonyl (C=O) groups is 1. The van der Waals surface area contributed by atoms with Crippen molar-refractivity contribution in [2.24, 2.45) is 4.99 Å². The summed E-state index contributed by atoms with van der Waals surface area (Å²) in [5.74, 6) is 2.33. The first-order chi connectivity index (χ1) is 15.7. The molecule has 0 unspecified atom stereocenters. The number of benzene rings is 2. The van der Waals surface area contributed by atoms with Crippen LogP contribution in [0.4, 0.5) is 11.4 Å². The number of hydrogen-bond donors (Lipinski definition) is 2. The van der Waals surface area contributed by atoms with Crippen LogP contribution in [0, 0.1) is 0 Å². The van der Waals surface area contributed by atoms with Crippen LogP contribution < -0.4 is 25.0 Å². The minimum Gasteiger partial charge on any atom is -0.490 e. The Balaban J connectivity index is 0.00000306. The van der Waals surface area contributed by atoms with E-state index >= 15 is 0 Å². The summed E-state index contributed by atoms with van der Waals surface area (Å²) in [7, 11) is 1.67. The molecule has 1 amide bonds. The molecule has 1 fully saturated rings. The molecule has 0 radical (unpaired) electrons. The zero-order valence-electron chi connectivity index (χ0n) is 18.8. The maximum absolute atomic E-state index is 11.9. The molecule has 2 aliphatic rings. The molecule has 2 aliphatic heterocycles. The molecule has 0 spiro atoms. The lowest BCUT2D eigenvalue weighted by atomic mass is 10.2. The molecule has 0 aliphatic carbocycles. The smallest absolute Gasteiger partial charge is 0.227 e. The summed E-state index contributed by atoms with van der Waals surface area (Å²) in [5.41, 5.74) is 2.87. The average molecular weight is 566 g/mol. The van der Waals surface area contributed by atoms with Crippen LogP contribution in [0.3, 0.4) is 0 Å². The zero-order valence-corrected chi connectivity index (χ0v) is 21.2. The topological polar surface area (TPSA) is 84.4 Å². The van der Waals surface area contributed by atoms with Crippen LogP contribution in [0.2, 0.25) is 0 Å². The van der Waals surface area contributed by atoms with Crippen molar-refractivity contribution in [2.45, 2.75) is 25.8 Å². The van der Waals surface area contributed by atoms with Gasteiger partial charge in [0, 0.05) is 50.5 Å². The second-order valence-electron chi connectivity index (χ2n) is 7.74. The number of nitrogens with zero attached hydrogens (tertiary/aromatic N) is 2. The second kappa shape index (κ2) is 12.6. The summed E-state index contributed by atoms with van der Waals surface area (Å²) < 4.78 is 16.6. The van der Waals surface area contributed by atoms with Gasteiger partial charge >= 0.3 is 0 Å². The van der Waals surface area contributed by atoms with E-state index in [1.807, 2.05) is 47.4 Å². The molecule has 2 heterocycles. The molecule has 8 nitrogen and oxygen atoms in total. The quantitative estimate of drug-likeness (QED) is 0.230. The van der Waals surface area contributed by atoms with E-state index in [0.717, 1.165) is 47.8 Å². The van der Waals surface area contributed by atoms with E-state index < -0.39 is 0 Å². The Morgan fingerprint density at radius 1 is 1.09 bits per heavy atom. The first kappa shape index (κ1) is 25.1. The molecule has 0 bridgehead atoms. The van der Waals surface area contributed by atoms with Gasteiger partial charge in [0.2, 0.25) is 5.91 Å².